The highest BCUT2D eigenvalue weighted by Crippen LogP contribution is 2.38. The van der Waals surface area contributed by atoms with E-state index >= 15 is 0 Å². The van der Waals surface area contributed by atoms with Crippen molar-refractivity contribution in [2.45, 2.75) is 33.3 Å². The van der Waals surface area contributed by atoms with E-state index in [4.69, 9.17) is 14.0 Å². The third-order valence-corrected chi connectivity index (χ3v) is 8.88. The second-order valence-corrected chi connectivity index (χ2v) is 15.5. The molecular weight excluding hydrogens is 466 g/mol. The van der Waals surface area contributed by atoms with Crippen LogP contribution in [0.5, 0.6) is 0 Å². The van der Waals surface area contributed by atoms with E-state index in [1.54, 1.807) is 18.2 Å². The molecule has 2 aromatic heterocycles. The van der Waals surface area contributed by atoms with Crippen molar-refractivity contribution in [1.82, 2.24) is 4.98 Å². The molecule has 37 heavy (non-hydrogen) atoms. The van der Waals surface area contributed by atoms with Crippen LogP contribution in [0.2, 0.25) is 19.6 Å². The van der Waals surface area contributed by atoms with Crippen molar-refractivity contribution in [3.05, 3.63) is 108 Å². The molecule has 0 aliphatic heterocycles. The first-order valence-electron chi connectivity index (χ1n) is 15.8. The summed E-state index contributed by atoms with van der Waals surface area (Å²) in [6.07, 6.45) is 1.28. The highest BCUT2D eigenvalue weighted by atomic mass is 28.3. The summed E-state index contributed by atoms with van der Waals surface area (Å²) in [4.78, 5) is 4.55. The number of fused-ring (bicyclic) bond motifs is 3. The first-order chi connectivity index (χ1) is 20.6. The predicted molar refractivity (Wildman–Crippen MR) is 160 cm³/mol. The van der Waals surface area contributed by atoms with E-state index in [-0.39, 0.29) is 28.3 Å². The van der Waals surface area contributed by atoms with E-state index < -0.39 is 21.8 Å². The fraction of sp³-hybridized carbons (Fsp3) is 0.147. The van der Waals surface area contributed by atoms with Gasteiger partial charge in [-0.2, -0.15) is 0 Å². The number of benzene rings is 4. The standard InChI is InChI=1S/C34H31NOSi/c1-22-18-26(37(3,4)5)15-17-27(22)31-20-32(35-21-23(31)2)30-13-9-12-29-28-16-14-25(19-33(28)36-34(29)30)24-10-7-6-8-11-24/h6-21H,1-5H3/i1D3,2D3,17D. The van der Waals surface area contributed by atoms with Gasteiger partial charge in [0.15, 0.2) is 0 Å². The van der Waals surface area contributed by atoms with Gasteiger partial charge in [-0.3, -0.25) is 4.98 Å². The summed E-state index contributed by atoms with van der Waals surface area (Å²) in [6.45, 7) is 1.10. The molecule has 0 saturated carbocycles. The van der Waals surface area contributed by atoms with Gasteiger partial charge < -0.3 is 4.42 Å². The molecule has 0 saturated heterocycles. The third-order valence-electron chi connectivity index (χ3n) is 6.86. The van der Waals surface area contributed by atoms with Crippen LogP contribution in [0.3, 0.4) is 0 Å². The molecule has 182 valence electrons. The van der Waals surface area contributed by atoms with Crippen molar-refractivity contribution >= 4 is 35.2 Å². The van der Waals surface area contributed by atoms with Crippen LogP contribution in [0.15, 0.2) is 102 Å². The molecule has 0 N–H and O–H groups in total. The Hall–Kier alpha value is -3.95. The van der Waals surface area contributed by atoms with Crippen LogP contribution in [0.1, 0.15) is 20.7 Å². The molecule has 2 heterocycles. The molecule has 2 nitrogen and oxygen atoms in total. The van der Waals surface area contributed by atoms with E-state index in [9.17, 15) is 0 Å². The summed E-state index contributed by atoms with van der Waals surface area (Å²) in [5.74, 6) is 0. The maximum atomic E-state index is 8.97. The van der Waals surface area contributed by atoms with Crippen LogP contribution < -0.4 is 5.19 Å². The largest absolute Gasteiger partial charge is 0.455 e. The Kier molecular flexibility index (Phi) is 4.00. The fourth-order valence-electron chi connectivity index (χ4n) is 4.77. The van der Waals surface area contributed by atoms with Crippen LogP contribution in [-0.4, -0.2) is 13.1 Å². The normalized spacial score (nSPS) is 15.4. The Morgan fingerprint density at radius 2 is 1.57 bits per heavy atom. The van der Waals surface area contributed by atoms with Crippen molar-refractivity contribution < 1.29 is 14.0 Å². The second kappa shape index (κ2) is 8.86. The molecule has 0 fully saturated rings. The smallest absolute Gasteiger partial charge is 0.144 e. The molecule has 0 unspecified atom stereocenters. The van der Waals surface area contributed by atoms with E-state index in [0.717, 1.165) is 27.1 Å². The molecule has 0 atom stereocenters. The molecule has 0 radical (unpaired) electrons. The van der Waals surface area contributed by atoms with Gasteiger partial charge in [0.1, 0.15) is 11.2 Å². The molecule has 3 heteroatoms. The van der Waals surface area contributed by atoms with Gasteiger partial charge in [-0.25, -0.2) is 0 Å². The highest BCUT2D eigenvalue weighted by molar-refractivity contribution is 6.88. The lowest BCUT2D eigenvalue weighted by molar-refractivity contribution is 0.670. The minimum Gasteiger partial charge on any atom is -0.455 e. The van der Waals surface area contributed by atoms with Gasteiger partial charge in [0.2, 0.25) is 0 Å². The number of hydrogen-bond donors (Lipinski definition) is 0. The first-order valence-corrected chi connectivity index (χ1v) is 15.8. The number of pyridine rings is 1. The highest BCUT2D eigenvalue weighted by Gasteiger charge is 2.19. The molecule has 6 rings (SSSR count). The lowest BCUT2D eigenvalue weighted by Gasteiger charge is -2.19. The van der Waals surface area contributed by atoms with Gasteiger partial charge >= 0.3 is 0 Å². The van der Waals surface area contributed by atoms with E-state index in [0.29, 0.717) is 22.4 Å². The number of furan rings is 1. The molecule has 0 bridgehead atoms. The Balaban J connectivity index is 1.60. The van der Waals surface area contributed by atoms with E-state index in [2.05, 4.69) is 30.7 Å². The summed E-state index contributed by atoms with van der Waals surface area (Å²) < 4.78 is 65.2. The third kappa shape index (κ3) is 4.20. The van der Waals surface area contributed by atoms with Crippen LogP contribution >= 0.6 is 0 Å². The average molecular weight is 505 g/mol. The molecule has 6 aromatic rings. The summed E-state index contributed by atoms with van der Waals surface area (Å²) >= 11 is 0. The van der Waals surface area contributed by atoms with Gasteiger partial charge in [0.05, 0.1) is 15.1 Å². The minimum absolute atomic E-state index is 0.0194. The maximum Gasteiger partial charge on any atom is 0.144 e. The molecule has 0 spiro atoms. The molecule has 0 amide bonds. The quantitative estimate of drug-likeness (QED) is 0.224. The molecule has 4 aromatic carbocycles. The van der Waals surface area contributed by atoms with E-state index in [1.165, 1.54) is 6.20 Å². The number of aromatic nitrogens is 1. The molecule has 0 aliphatic rings. The Morgan fingerprint density at radius 3 is 2.35 bits per heavy atom. The van der Waals surface area contributed by atoms with Gasteiger partial charge in [-0.05, 0) is 71.3 Å². The van der Waals surface area contributed by atoms with Crippen molar-refractivity contribution in [1.29, 1.82) is 0 Å². The maximum absolute atomic E-state index is 8.97. The number of hydrogen-bond acceptors (Lipinski definition) is 2. The van der Waals surface area contributed by atoms with Gasteiger partial charge in [0.25, 0.3) is 0 Å². The monoisotopic (exact) mass is 504 g/mol. The minimum atomic E-state index is -2.59. The van der Waals surface area contributed by atoms with E-state index in [1.807, 2.05) is 60.7 Å². The molecular formula is C34H31NOSi. The zero-order chi connectivity index (χ0) is 31.6. The zero-order valence-electron chi connectivity index (χ0n) is 28.0. The van der Waals surface area contributed by atoms with Crippen LogP contribution in [-0.2, 0) is 0 Å². The number of rotatable bonds is 4. The Morgan fingerprint density at radius 1 is 0.730 bits per heavy atom. The van der Waals surface area contributed by atoms with Crippen LogP contribution in [0, 0.1) is 13.7 Å². The summed E-state index contributed by atoms with van der Waals surface area (Å²) in [6, 6.07) is 26.7. The summed E-state index contributed by atoms with van der Waals surface area (Å²) in [5, 5.41) is 2.63. The Bertz CT molecular complexity index is 2040. The SMILES string of the molecule is [2H]c1cc([Si](C)(C)C)cc(C([2H])([2H])[2H])c1-c1cc(-c2cccc3c2oc2cc(-c4ccccc4)ccc23)ncc1C([2H])([2H])[2H]. The van der Waals surface area contributed by atoms with Crippen LogP contribution in [0.25, 0.3) is 55.4 Å². The van der Waals surface area contributed by atoms with Crippen molar-refractivity contribution in [2.24, 2.45) is 0 Å². The summed E-state index contributed by atoms with van der Waals surface area (Å²) in [5.41, 5.74) is 4.55. The topological polar surface area (TPSA) is 26.0 Å². The number of para-hydroxylation sites is 1. The average Bonchev–Trinajstić information content (AvgIpc) is 3.33. The molecule has 0 aliphatic carbocycles. The predicted octanol–water partition coefficient (Wildman–Crippen LogP) is 9.14. The van der Waals surface area contributed by atoms with Gasteiger partial charge in [0, 0.05) is 30.8 Å². The summed E-state index contributed by atoms with van der Waals surface area (Å²) in [7, 11) is -1.99. The van der Waals surface area contributed by atoms with Crippen molar-refractivity contribution in [2.75, 3.05) is 0 Å². The zero-order valence-corrected chi connectivity index (χ0v) is 22.0. The lowest BCUT2D eigenvalue weighted by atomic mass is 9.95. The lowest BCUT2D eigenvalue weighted by Crippen LogP contribution is -2.37. The van der Waals surface area contributed by atoms with Crippen LogP contribution in [0.4, 0.5) is 0 Å². The second-order valence-electron chi connectivity index (χ2n) is 10.4. The fourth-order valence-corrected chi connectivity index (χ4v) is 5.86. The van der Waals surface area contributed by atoms with Gasteiger partial charge in [-0.1, -0.05) is 91.5 Å². The van der Waals surface area contributed by atoms with Crippen molar-refractivity contribution in [3.63, 3.8) is 0 Å². The number of aryl methyl sites for hydroxylation is 2. The van der Waals surface area contributed by atoms with Gasteiger partial charge in [-0.15, -0.1) is 0 Å². The van der Waals surface area contributed by atoms with Crippen molar-refractivity contribution in [3.8, 4) is 33.5 Å². The first kappa shape index (κ1) is 16.7. The Labute approximate surface area is 229 Å². The number of nitrogens with zero attached hydrogens (tertiary/aromatic N) is 1.